The fraction of sp³-hybridized carbons (Fsp3) is 0.120. The lowest BCUT2D eigenvalue weighted by molar-refractivity contribution is 0.412. The van der Waals surface area contributed by atoms with Crippen molar-refractivity contribution in [3.63, 3.8) is 0 Å². The molecule has 1 aliphatic heterocycles. The number of nitrogens with one attached hydrogen (secondary N) is 1. The highest BCUT2D eigenvalue weighted by Crippen LogP contribution is 2.42. The van der Waals surface area contributed by atoms with Crippen molar-refractivity contribution in [2.75, 3.05) is 12.0 Å². The number of nitrogens with zero attached hydrogens (tertiary/aromatic N) is 3. The maximum Gasteiger partial charge on any atom is 0.174 e. The van der Waals surface area contributed by atoms with Crippen LogP contribution in [0.2, 0.25) is 0 Å². The first-order chi connectivity index (χ1) is 15.3. The topological polar surface area (TPSA) is 42.3 Å². The summed E-state index contributed by atoms with van der Waals surface area (Å²) in [6.07, 6.45) is 3.88. The molecule has 0 amide bonds. The average Bonchev–Trinajstić information content (AvgIpc) is 3.44. The summed E-state index contributed by atoms with van der Waals surface area (Å²) in [6, 6.07) is 28.2. The zero-order chi connectivity index (χ0) is 21.2. The summed E-state index contributed by atoms with van der Waals surface area (Å²) >= 11 is 5.81. The van der Waals surface area contributed by atoms with Gasteiger partial charge >= 0.3 is 0 Å². The second-order valence-electron chi connectivity index (χ2n) is 7.31. The number of rotatable bonds is 5. The summed E-state index contributed by atoms with van der Waals surface area (Å²) in [4.78, 5) is 6.81. The highest BCUT2D eigenvalue weighted by Gasteiger charge is 2.42. The van der Waals surface area contributed by atoms with Crippen LogP contribution in [0.4, 0.5) is 5.69 Å². The van der Waals surface area contributed by atoms with Crippen LogP contribution < -0.4 is 15.0 Å². The largest absolute Gasteiger partial charge is 0.495 e. The van der Waals surface area contributed by atoms with Gasteiger partial charge in [0.15, 0.2) is 5.11 Å². The van der Waals surface area contributed by atoms with E-state index < -0.39 is 0 Å². The molecule has 5 rings (SSSR count). The Labute approximate surface area is 186 Å². The molecule has 31 heavy (non-hydrogen) atoms. The minimum Gasteiger partial charge on any atom is -0.495 e. The number of aromatic nitrogens is 2. The Kier molecular flexibility index (Phi) is 5.14. The lowest BCUT2D eigenvalue weighted by Gasteiger charge is -2.29. The van der Waals surface area contributed by atoms with E-state index in [2.05, 4.69) is 56.3 Å². The van der Waals surface area contributed by atoms with Crippen LogP contribution in [-0.4, -0.2) is 21.8 Å². The first-order valence-electron chi connectivity index (χ1n) is 10.1. The van der Waals surface area contributed by atoms with Gasteiger partial charge in [-0.1, -0.05) is 36.4 Å². The molecule has 0 bridgehead atoms. The summed E-state index contributed by atoms with van der Waals surface area (Å²) in [7, 11) is 1.70. The Bertz CT molecular complexity index is 1190. The number of methoxy groups -OCH3 is 1. The molecule has 3 heterocycles. The number of anilines is 1. The van der Waals surface area contributed by atoms with Gasteiger partial charge in [0.05, 0.1) is 24.5 Å². The van der Waals surface area contributed by atoms with E-state index in [-0.39, 0.29) is 12.1 Å². The normalized spacial score (nSPS) is 18.1. The molecule has 0 saturated carbocycles. The van der Waals surface area contributed by atoms with Crippen LogP contribution in [0.5, 0.6) is 5.75 Å². The van der Waals surface area contributed by atoms with E-state index in [4.69, 9.17) is 17.0 Å². The van der Waals surface area contributed by atoms with Crippen LogP contribution in [0.25, 0.3) is 5.69 Å². The molecule has 2 atom stereocenters. The second kappa shape index (κ2) is 8.24. The highest BCUT2D eigenvalue weighted by molar-refractivity contribution is 7.80. The van der Waals surface area contributed by atoms with Crippen molar-refractivity contribution < 1.29 is 4.74 Å². The summed E-state index contributed by atoms with van der Waals surface area (Å²) < 4.78 is 7.81. The van der Waals surface area contributed by atoms with Gasteiger partial charge in [-0.2, -0.15) is 0 Å². The lowest BCUT2D eigenvalue weighted by Crippen LogP contribution is -2.30. The molecular weight excluding hydrogens is 404 g/mol. The van der Waals surface area contributed by atoms with Crippen molar-refractivity contribution in [1.82, 2.24) is 14.9 Å². The molecule has 0 aliphatic carbocycles. The van der Waals surface area contributed by atoms with Crippen LogP contribution in [0.3, 0.4) is 0 Å². The Morgan fingerprint density at radius 3 is 2.45 bits per heavy atom. The van der Waals surface area contributed by atoms with Gasteiger partial charge in [0.25, 0.3) is 0 Å². The third-order valence-corrected chi connectivity index (χ3v) is 5.88. The molecule has 1 N–H and O–H groups in total. The Morgan fingerprint density at radius 1 is 0.903 bits per heavy atom. The predicted octanol–water partition coefficient (Wildman–Crippen LogP) is 5.06. The lowest BCUT2D eigenvalue weighted by atomic mass is 10.0. The number of hydrogen-bond acceptors (Lipinski definition) is 3. The molecule has 5 nitrogen and oxygen atoms in total. The molecule has 1 saturated heterocycles. The van der Waals surface area contributed by atoms with Crippen molar-refractivity contribution in [3.05, 3.63) is 109 Å². The number of hydrogen-bond donors (Lipinski definition) is 1. The molecule has 0 radical (unpaired) electrons. The number of pyridine rings is 1. The van der Waals surface area contributed by atoms with Crippen LogP contribution >= 0.6 is 12.2 Å². The number of ether oxygens (including phenoxy) is 1. The van der Waals surface area contributed by atoms with Crippen molar-refractivity contribution in [3.8, 4) is 11.4 Å². The van der Waals surface area contributed by atoms with Crippen molar-refractivity contribution in [1.29, 1.82) is 0 Å². The van der Waals surface area contributed by atoms with Crippen molar-refractivity contribution in [2.24, 2.45) is 0 Å². The van der Waals surface area contributed by atoms with E-state index in [0.717, 1.165) is 28.5 Å². The van der Waals surface area contributed by atoms with Crippen LogP contribution in [0, 0.1) is 0 Å². The summed E-state index contributed by atoms with van der Waals surface area (Å²) in [5, 5.41) is 4.19. The third kappa shape index (κ3) is 3.45. The van der Waals surface area contributed by atoms with Gasteiger partial charge in [0.1, 0.15) is 11.8 Å². The Hall–Kier alpha value is -3.64. The number of para-hydroxylation sites is 3. The second-order valence-corrected chi connectivity index (χ2v) is 7.69. The van der Waals surface area contributed by atoms with Gasteiger partial charge in [-0.15, -0.1) is 0 Å². The zero-order valence-corrected chi connectivity index (χ0v) is 17.9. The van der Waals surface area contributed by atoms with Gasteiger partial charge < -0.3 is 19.5 Å². The quantitative estimate of drug-likeness (QED) is 0.452. The van der Waals surface area contributed by atoms with Crippen molar-refractivity contribution >= 4 is 23.0 Å². The summed E-state index contributed by atoms with van der Waals surface area (Å²) in [5.41, 5.74) is 4.06. The molecule has 1 aliphatic rings. The van der Waals surface area contributed by atoms with Gasteiger partial charge in [-0.05, 0) is 60.7 Å². The minimum absolute atomic E-state index is 0.0929. The van der Waals surface area contributed by atoms with Crippen LogP contribution in [-0.2, 0) is 0 Å². The fourth-order valence-electron chi connectivity index (χ4n) is 4.21. The van der Waals surface area contributed by atoms with Crippen molar-refractivity contribution in [2.45, 2.75) is 12.1 Å². The van der Waals surface area contributed by atoms with Crippen LogP contribution in [0.1, 0.15) is 23.5 Å². The highest BCUT2D eigenvalue weighted by atomic mass is 32.1. The SMILES string of the molecule is COc1ccccc1-n1cccc1[C@@H]1[C@@H](c2ccccn2)NC(=S)N1c1ccccc1. The van der Waals surface area contributed by atoms with Gasteiger partial charge in [-0.25, -0.2) is 0 Å². The molecule has 2 aromatic carbocycles. The Morgan fingerprint density at radius 2 is 1.68 bits per heavy atom. The average molecular weight is 427 g/mol. The Balaban J connectivity index is 1.68. The number of thiocarbonyl (C=S) groups is 1. The predicted molar refractivity (Wildman–Crippen MR) is 127 cm³/mol. The first kappa shape index (κ1) is 19.3. The third-order valence-electron chi connectivity index (χ3n) is 5.56. The smallest absolute Gasteiger partial charge is 0.174 e. The molecule has 6 heteroatoms. The molecule has 0 spiro atoms. The van der Waals surface area contributed by atoms with E-state index in [1.165, 1.54) is 0 Å². The molecule has 0 unspecified atom stereocenters. The monoisotopic (exact) mass is 426 g/mol. The minimum atomic E-state index is -0.0998. The van der Waals surface area contributed by atoms with E-state index in [0.29, 0.717) is 5.11 Å². The summed E-state index contributed by atoms with van der Waals surface area (Å²) in [5.74, 6) is 0.814. The maximum atomic E-state index is 5.81. The van der Waals surface area contributed by atoms with Crippen LogP contribution in [0.15, 0.2) is 97.3 Å². The maximum absolute atomic E-state index is 5.81. The van der Waals surface area contributed by atoms with E-state index in [9.17, 15) is 0 Å². The molecular formula is C25H22N4OS. The van der Waals surface area contributed by atoms with E-state index >= 15 is 0 Å². The van der Waals surface area contributed by atoms with E-state index in [1.54, 1.807) is 7.11 Å². The summed E-state index contributed by atoms with van der Waals surface area (Å²) in [6.45, 7) is 0. The zero-order valence-electron chi connectivity index (χ0n) is 17.1. The molecule has 2 aromatic heterocycles. The van der Waals surface area contributed by atoms with Gasteiger partial charge in [0.2, 0.25) is 0 Å². The van der Waals surface area contributed by atoms with E-state index in [1.807, 2.05) is 60.8 Å². The van der Waals surface area contributed by atoms with Gasteiger partial charge in [0, 0.05) is 23.8 Å². The molecule has 4 aromatic rings. The molecule has 154 valence electrons. The first-order valence-corrected chi connectivity index (χ1v) is 10.5. The molecule has 1 fully saturated rings. The number of benzene rings is 2. The van der Waals surface area contributed by atoms with Gasteiger partial charge in [-0.3, -0.25) is 4.98 Å². The fourth-order valence-corrected chi connectivity index (χ4v) is 4.55. The standard InChI is InChI=1S/C25H22N4OS/c1-30-22-15-6-5-13-20(22)28-17-9-14-21(28)24-23(19-12-7-8-16-26-19)27-25(31)29(24)18-10-3-2-4-11-18/h2-17,23-24H,1H3,(H,27,31)/t23-,24-/m1/s1.